The molecule has 1 aromatic carbocycles. The van der Waals surface area contributed by atoms with Crippen LogP contribution in [0.5, 0.6) is 5.75 Å². The van der Waals surface area contributed by atoms with Crippen LogP contribution in [-0.2, 0) is 16.1 Å². The first-order chi connectivity index (χ1) is 12.6. The van der Waals surface area contributed by atoms with E-state index in [1.807, 2.05) is 37.3 Å². The number of nitrogens with zero attached hydrogens (tertiary/aromatic N) is 2. The highest BCUT2D eigenvalue weighted by atomic mass is 16.5. The lowest BCUT2D eigenvalue weighted by molar-refractivity contribution is -0.137. The highest BCUT2D eigenvalue weighted by molar-refractivity contribution is 5.66. The Morgan fingerprint density at radius 2 is 2.31 bits per heavy atom. The van der Waals surface area contributed by atoms with Crippen LogP contribution in [0.25, 0.3) is 0 Å². The van der Waals surface area contributed by atoms with Gasteiger partial charge in [0.2, 0.25) is 0 Å². The van der Waals surface area contributed by atoms with Crippen molar-refractivity contribution in [1.82, 2.24) is 9.88 Å². The zero-order valence-corrected chi connectivity index (χ0v) is 14.9. The molecule has 0 amide bonds. The molecule has 0 spiro atoms. The van der Waals surface area contributed by atoms with Gasteiger partial charge in [0.05, 0.1) is 19.1 Å². The molecule has 1 aromatic heterocycles. The molecule has 1 aliphatic heterocycles. The van der Waals surface area contributed by atoms with Crippen molar-refractivity contribution < 1.29 is 19.4 Å². The van der Waals surface area contributed by atoms with Crippen LogP contribution in [0, 0.1) is 6.92 Å². The largest absolute Gasteiger partial charge is 0.489 e. The SMILES string of the molecule is Cc1cc(OCc2cccnc2)ccc1[C@@H]1CN(CCC(=O)O)CCO1. The molecule has 1 N–H and O–H groups in total. The Bertz CT molecular complexity index is 736. The molecule has 3 rings (SSSR count). The number of aromatic nitrogens is 1. The molecule has 6 nitrogen and oxygen atoms in total. The number of morpholine rings is 1. The molecular weight excluding hydrogens is 332 g/mol. The van der Waals surface area contributed by atoms with E-state index >= 15 is 0 Å². The van der Waals surface area contributed by atoms with Crippen molar-refractivity contribution in [1.29, 1.82) is 0 Å². The van der Waals surface area contributed by atoms with Gasteiger partial charge in [-0.1, -0.05) is 12.1 Å². The van der Waals surface area contributed by atoms with Crippen LogP contribution in [0.4, 0.5) is 0 Å². The predicted molar refractivity (Wildman–Crippen MR) is 97.1 cm³/mol. The zero-order chi connectivity index (χ0) is 18.4. The number of carbonyl (C=O) groups is 1. The van der Waals surface area contributed by atoms with E-state index in [1.165, 1.54) is 0 Å². The summed E-state index contributed by atoms with van der Waals surface area (Å²) in [6.07, 6.45) is 3.66. The van der Waals surface area contributed by atoms with E-state index in [-0.39, 0.29) is 12.5 Å². The van der Waals surface area contributed by atoms with Crippen molar-refractivity contribution in [3.8, 4) is 5.75 Å². The number of rotatable bonds is 7. The zero-order valence-electron chi connectivity index (χ0n) is 14.9. The Kier molecular flexibility index (Phi) is 6.20. The topological polar surface area (TPSA) is 71.9 Å². The predicted octanol–water partition coefficient (Wildman–Crippen LogP) is 2.82. The summed E-state index contributed by atoms with van der Waals surface area (Å²) in [7, 11) is 0. The van der Waals surface area contributed by atoms with Crippen LogP contribution in [0.3, 0.4) is 0 Å². The van der Waals surface area contributed by atoms with Crippen molar-refractivity contribution in [2.24, 2.45) is 0 Å². The first-order valence-electron chi connectivity index (χ1n) is 8.80. The number of hydrogen-bond acceptors (Lipinski definition) is 5. The van der Waals surface area contributed by atoms with E-state index in [9.17, 15) is 4.79 Å². The normalized spacial score (nSPS) is 17.8. The van der Waals surface area contributed by atoms with Crippen molar-refractivity contribution in [2.75, 3.05) is 26.2 Å². The minimum absolute atomic E-state index is 0.0371. The molecule has 0 radical (unpaired) electrons. The Balaban J connectivity index is 1.60. The molecule has 0 bridgehead atoms. The number of benzene rings is 1. The summed E-state index contributed by atoms with van der Waals surface area (Å²) >= 11 is 0. The molecule has 138 valence electrons. The Hall–Kier alpha value is -2.44. The van der Waals surface area contributed by atoms with E-state index in [4.69, 9.17) is 14.6 Å². The third-order valence-corrected chi connectivity index (χ3v) is 4.51. The van der Waals surface area contributed by atoms with Crippen molar-refractivity contribution in [3.63, 3.8) is 0 Å². The van der Waals surface area contributed by atoms with Gasteiger partial charge in [0, 0.05) is 37.6 Å². The Labute approximate surface area is 153 Å². The van der Waals surface area contributed by atoms with E-state index in [2.05, 4.69) is 9.88 Å². The maximum Gasteiger partial charge on any atom is 0.304 e. The molecule has 6 heteroatoms. The van der Waals surface area contributed by atoms with E-state index in [0.29, 0.717) is 26.3 Å². The van der Waals surface area contributed by atoms with Gasteiger partial charge in [0.1, 0.15) is 12.4 Å². The summed E-state index contributed by atoms with van der Waals surface area (Å²) in [4.78, 5) is 17.0. The molecule has 26 heavy (non-hydrogen) atoms. The lowest BCUT2D eigenvalue weighted by atomic mass is 10.0. The highest BCUT2D eigenvalue weighted by Crippen LogP contribution is 2.28. The number of ether oxygens (including phenoxy) is 2. The summed E-state index contributed by atoms with van der Waals surface area (Å²) in [5.74, 6) is 0.0491. The second-order valence-electron chi connectivity index (χ2n) is 6.47. The molecule has 1 aliphatic rings. The molecule has 1 atom stereocenters. The van der Waals surface area contributed by atoms with Gasteiger partial charge in [-0.2, -0.15) is 0 Å². The smallest absolute Gasteiger partial charge is 0.304 e. The summed E-state index contributed by atoms with van der Waals surface area (Å²) in [5, 5.41) is 8.86. The molecule has 1 saturated heterocycles. The van der Waals surface area contributed by atoms with Gasteiger partial charge in [-0.25, -0.2) is 0 Å². The van der Waals surface area contributed by atoms with Crippen LogP contribution in [0.2, 0.25) is 0 Å². The van der Waals surface area contributed by atoms with Crippen LogP contribution in [0.1, 0.15) is 29.2 Å². The molecule has 2 aromatic rings. The number of carboxylic acids is 1. The van der Waals surface area contributed by atoms with Crippen LogP contribution < -0.4 is 4.74 Å². The van der Waals surface area contributed by atoms with Crippen LogP contribution in [-0.4, -0.2) is 47.2 Å². The third kappa shape index (κ3) is 5.03. The van der Waals surface area contributed by atoms with Crippen molar-refractivity contribution in [3.05, 3.63) is 59.4 Å². The minimum Gasteiger partial charge on any atom is -0.489 e. The molecule has 0 unspecified atom stereocenters. The average molecular weight is 356 g/mol. The number of carboxylic acid groups (broad SMARTS) is 1. The molecule has 1 fully saturated rings. The Morgan fingerprint density at radius 1 is 1.42 bits per heavy atom. The number of pyridine rings is 1. The molecule has 0 aliphatic carbocycles. The van der Waals surface area contributed by atoms with Gasteiger partial charge in [-0.3, -0.25) is 14.7 Å². The van der Waals surface area contributed by atoms with Crippen molar-refractivity contribution in [2.45, 2.75) is 26.1 Å². The first-order valence-corrected chi connectivity index (χ1v) is 8.80. The summed E-state index contributed by atoms with van der Waals surface area (Å²) in [6.45, 7) is 5.18. The number of aryl methyl sites for hydroxylation is 1. The highest BCUT2D eigenvalue weighted by Gasteiger charge is 2.23. The average Bonchev–Trinajstić information content (AvgIpc) is 2.66. The molecule has 0 saturated carbocycles. The maximum atomic E-state index is 10.8. The second kappa shape index (κ2) is 8.78. The second-order valence-corrected chi connectivity index (χ2v) is 6.47. The number of aliphatic carboxylic acids is 1. The van der Waals surface area contributed by atoms with Gasteiger partial charge >= 0.3 is 5.97 Å². The quantitative estimate of drug-likeness (QED) is 0.822. The van der Waals surface area contributed by atoms with Gasteiger partial charge in [0.15, 0.2) is 0 Å². The molecular formula is C20H24N2O4. The van der Waals surface area contributed by atoms with Crippen LogP contribution >= 0.6 is 0 Å². The summed E-state index contributed by atoms with van der Waals surface area (Å²) in [5.41, 5.74) is 3.26. The van der Waals surface area contributed by atoms with Crippen LogP contribution in [0.15, 0.2) is 42.7 Å². The van der Waals surface area contributed by atoms with Gasteiger partial charge in [0.25, 0.3) is 0 Å². The van der Waals surface area contributed by atoms with Crippen molar-refractivity contribution >= 4 is 5.97 Å². The number of hydrogen-bond donors (Lipinski definition) is 1. The lowest BCUT2D eigenvalue weighted by Crippen LogP contribution is -2.39. The van der Waals surface area contributed by atoms with Gasteiger partial charge < -0.3 is 14.6 Å². The van der Waals surface area contributed by atoms with E-state index < -0.39 is 5.97 Å². The fraction of sp³-hybridized carbons (Fsp3) is 0.400. The lowest BCUT2D eigenvalue weighted by Gasteiger charge is -2.33. The first kappa shape index (κ1) is 18.4. The Morgan fingerprint density at radius 3 is 3.04 bits per heavy atom. The fourth-order valence-corrected chi connectivity index (χ4v) is 3.10. The standard InChI is InChI=1S/C20H24N2O4/c1-15-11-17(26-14-16-3-2-7-21-12-16)4-5-18(15)19-13-22(9-10-25-19)8-6-20(23)24/h2-5,7,11-12,19H,6,8-10,13-14H2,1H3,(H,23,24)/t19-/m0/s1. The van der Waals surface area contributed by atoms with E-state index in [1.54, 1.807) is 12.4 Å². The van der Waals surface area contributed by atoms with Gasteiger partial charge in [-0.05, 0) is 36.2 Å². The maximum absolute atomic E-state index is 10.8. The van der Waals surface area contributed by atoms with E-state index in [0.717, 1.165) is 29.0 Å². The summed E-state index contributed by atoms with van der Waals surface area (Å²) in [6, 6.07) is 9.89. The monoisotopic (exact) mass is 356 g/mol. The summed E-state index contributed by atoms with van der Waals surface area (Å²) < 4.78 is 11.8. The van der Waals surface area contributed by atoms with Gasteiger partial charge in [-0.15, -0.1) is 0 Å². The molecule has 2 heterocycles. The fourth-order valence-electron chi connectivity index (χ4n) is 3.10. The minimum atomic E-state index is -0.764. The third-order valence-electron chi connectivity index (χ3n) is 4.51.